The second kappa shape index (κ2) is 11.9. The first-order valence-electron chi connectivity index (χ1n) is 11.3. The highest BCUT2D eigenvalue weighted by molar-refractivity contribution is 7.99. The zero-order valence-corrected chi connectivity index (χ0v) is 20.4. The number of hydrazone groups is 1. The van der Waals surface area contributed by atoms with Crippen LogP contribution >= 0.6 is 11.8 Å². The molecule has 3 aromatic carbocycles. The van der Waals surface area contributed by atoms with Crippen molar-refractivity contribution >= 4 is 29.1 Å². The summed E-state index contributed by atoms with van der Waals surface area (Å²) in [5.74, 6) is 0.256. The first-order chi connectivity index (χ1) is 17.5. The predicted octanol–water partition coefficient (Wildman–Crippen LogP) is 5.06. The molecule has 0 bridgehead atoms. The van der Waals surface area contributed by atoms with Gasteiger partial charge in [-0.15, -0.1) is 10.2 Å². The highest BCUT2D eigenvalue weighted by atomic mass is 32.2. The molecule has 1 aromatic heterocycles. The van der Waals surface area contributed by atoms with Gasteiger partial charge in [0.25, 0.3) is 11.6 Å². The maximum absolute atomic E-state index is 12.6. The number of amides is 1. The van der Waals surface area contributed by atoms with Crippen molar-refractivity contribution < 1.29 is 9.72 Å². The van der Waals surface area contributed by atoms with Crippen molar-refractivity contribution in [1.29, 1.82) is 0 Å². The van der Waals surface area contributed by atoms with E-state index in [1.54, 1.807) is 16.7 Å². The van der Waals surface area contributed by atoms with Crippen LogP contribution in [0.5, 0.6) is 0 Å². The fourth-order valence-electron chi connectivity index (χ4n) is 3.50. The van der Waals surface area contributed by atoms with E-state index in [1.807, 2.05) is 67.6 Å². The summed E-state index contributed by atoms with van der Waals surface area (Å²) < 4.78 is 1.78. The molecular formula is C26H24N6O3S. The van der Waals surface area contributed by atoms with Crippen LogP contribution in [0.4, 0.5) is 5.69 Å². The number of thioether (sulfide) groups is 1. The Morgan fingerprint density at radius 3 is 2.44 bits per heavy atom. The maximum atomic E-state index is 12.6. The van der Waals surface area contributed by atoms with E-state index in [9.17, 15) is 14.9 Å². The van der Waals surface area contributed by atoms with E-state index in [0.29, 0.717) is 23.0 Å². The van der Waals surface area contributed by atoms with Crippen molar-refractivity contribution in [3.8, 4) is 17.1 Å². The number of para-hydroxylation sites is 1. The molecule has 0 saturated carbocycles. The molecule has 0 atom stereocenters. The summed E-state index contributed by atoms with van der Waals surface area (Å²) in [7, 11) is 0. The summed E-state index contributed by atoms with van der Waals surface area (Å²) in [6, 6.07) is 25.6. The van der Waals surface area contributed by atoms with Crippen LogP contribution in [-0.4, -0.2) is 37.1 Å². The molecule has 0 unspecified atom stereocenters. The van der Waals surface area contributed by atoms with Gasteiger partial charge in [-0.3, -0.25) is 19.5 Å². The Balaban J connectivity index is 1.52. The molecular weight excluding hydrogens is 476 g/mol. The van der Waals surface area contributed by atoms with Gasteiger partial charge in [0.1, 0.15) is 0 Å². The molecule has 0 fully saturated rings. The van der Waals surface area contributed by atoms with Gasteiger partial charge < -0.3 is 0 Å². The zero-order valence-electron chi connectivity index (χ0n) is 19.6. The van der Waals surface area contributed by atoms with Gasteiger partial charge in [-0.2, -0.15) is 5.10 Å². The van der Waals surface area contributed by atoms with Gasteiger partial charge in [-0.25, -0.2) is 5.43 Å². The van der Waals surface area contributed by atoms with Crippen LogP contribution < -0.4 is 5.43 Å². The van der Waals surface area contributed by atoms with Crippen molar-refractivity contribution in [2.75, 3.05) is 5.75 Å². The van der Waals surface area contributed by atoms with Crippen molar-refractivity contribution in [3.63, 3.8) is 0 Å². The molecule has 1 amide bonds. The van der Waals surface area contributed by atoms with Crippen LogP contribution in [0.25, 0.3) is 17.1 Å². The van der Waals surface area contributed by atoms with Gasteiger partial charge >= 0.3 is 0 Å². The summed E-state index contributed by atoms with van der Waals surface area (Å²) in [6.45, 7) is 2.00. The number of carbonyl (C=O) groups is 1. The van der Waals surface area contributed by atoms with Crippen LogP contribution in [0.2, 0.25) is 0 Å². The minimum atomic E-state index is -0.449. The van der Waals surface area contributed by atoms with Crippen molar-refractivity contribution in [2.45, 2.75) is 24.9 Å². The van der Waals surface area contributed by atoms with Crippen LogP contribution in [0, 0.1) is 10.1 Å². The Bertz CT molecular complexity index is 1370. The number of hydrogen-bond acceptors (Lipinski definition) is 7. The second-order valence-electron chi connectivity index (χ2n) is 7.80. The standard InChI is InChI=1S/C26H24N6O3S/c1-2-21(16-19-10-5-3-6-11-19)27-28-24(33)18-36-26-30-29-25(31(26)22-13-7-4-8-14-22)20-12-9-15-23(17-20)32(34)35/h3-15,17H,2,16,18H2,1H3,(H,28,33)/b27-21-. The molecule has 0 aliphatic heterocycles. The van der Waals surface area contributed by atoms with Crippen LogP contribution in [0.1, 0.15) is 18.9 Å². The molecule has 1 N–H and O–H groups in total. The number of nitro groups is 1. The molecule has 9 nitrogen and oxygen atoms in total. The molecule has 36 heavy (non-hydrogen) atoms. The number of rotatable bonds is 10. The quantitative estimate of drug-likeness (QED) is 0.141. The largest absolute Gasteiger partial charge is 0.272 e. The minimum absolute atomic E-state index is 0.0382. The van der Waals surface area contributed by atoms with Gasteiger partial charge in [-0.05, 0) is 24.1 Å². The lowest BCUT2D eigenvalue weighted by molar-refractivity contribution is -0.384. The van der Waals surface area contributed by atoms with Crippen LogP contribution in [-0.2, 0) is 11.2 Å². The Morgan fingerprint density at radius 1 is 1.03 bits per heavy atom. The number of carbonyl (C=O) groups excluding carboxylic acids is 1. The second-order valence-corrected chi connectivity index (χ2v) is 8.74. The molecule has 0 aliphatic carbocycles. The van der Waals surface area contributed by atoms with Crippen LogP contribution in [0.3, 0.4) is 0 Å². The summed E-state index contributed by atoms with van der Waals surface area (Å²) in [5.41, 5.74) is 5.93. The lowest BCUT2D eigenvalue weighted by atomic mass is 10.1. The molecule has 0 spiro atoms. The first kappa shape index (κ1) is 24.8. The third kappa shape index (κ3) is 6.22. The summed E-state index contributed by atoms with van der Waals surface area (Å²) in [6.07, 6.45) is 1.39. The molecule has 0 saturated heterocycles. The third-order valence-corrected chi connectivity index (χ3v) is 6.22. The average Bonchev–Trinajstić information content (AvgIpc) is 3.35. The smallest absolute Gasteiger partial charge is 0.270 e. The summed E-state index contributed by atoms with van der Waals surface area (Å²) in [4.78, 5) is 23.4. The number of benzene rings is 3. The van der Waals surface area contributed by atoms with E-state index in [1.165, 1.54) is 23.9 Å². The van der Waals surface area contributed by atoms with E-state index in [0.717, 1.165) is 23.4 Å². The number of nitro benzene ring substituents is 1. The Labute approximate surface area is 212 Å². The number of aromatic nitrogens is 3. The Hall–Kier alpha value is -4.31. The summed E-state index contributed by atoms with van der Waals surface area (Å²) in [5, 5.41) is 24.6. The summed E-state index contributed by atoms with van der Waals surface area (Å²) >= 11 is 1.21. The van der Waals surface area contributed by atoms with E-state index in [4.69, 9.17) is 0 Å². The molecule has 1 heterocycles. The molecule has 0 aliphatic rings. The Morgan fingerprint density at radius 2 is 1.75 bits per heavy atom. The highest BCUT2D eigenvalue weighted by Crippen LogP contribution is 2.29. The van der Waals surface area contributed by atoms with E-state index in [-0.39, 0.29) is 17.3 Å². The zero-order chi connectivity index (χ0) is 25.3. The van der Waals surface area contributed by atoms with Crippen molar-refractivity contribution in [3.05, 3.63) is 101 Å². The van der Waals surface area contributed by atoms with E-state index >= 15 is 0 Å². The van der Waals surface area contributed by atoms with Gasteiger partial charge in [0.05, 0.1) is 10.7 Å². The van der Waals surface area contributed by atoms with Gasteiger partial charge in [0.15, 0.2) is 11.0 Å². The molecule has 182 valence electrons. The molecule has 0 radical (unpaired) electrons. The monoisotopic (exact) mass is 500 g/mol. The Kier molecular flexibility index (Phi) is 8.20. The van der Waals surface area contributed by atoms with Gasteiger partial charge in [0.2, 0.25) is 0 Å². The van der Waals surface area contributed by atoms with Gasteiger partial charge in [-0.1, -0.05) is 79.3 Å². The molecule has 10 heteroatoms. The lowest BCUT2D eigenvalue weighted by Gasteiger charge is -2.10. The number of non-ortho nitro benzene ring substituents is 1. The number of hydrogen-bond donors (Lipinski definition) is 1. The average molecular weight is 501 g/mol. The van der Waals surface area contributed by atoms with Crippen LogP contribution in [0.15, 0.2) is 95.2 Å². The fourth-order valence-corrected chi connectivity index (χ4v) is 4.24. The predicted molar refractivity (Wildman–Crippen MR) is 140 cm³/mol. The first-order valence-corrected chi connectivity index (χ1v) is 12.3. The van der Waals surface area contributed by atoms with Crippen molar-refractivity contribution in [1.82, 2.24) is 20.2 Å². The third-order valence-electron chi connectivity index (χ3n) is 5.29. The highest BCUT2D eigenvalue weighted by Gasteiger charge is 2.19. The number of nitrogens with zero attached hydrogens (tertiary/aromatic N) is 5. The topological polar surface area (TPSA) is 115 Å². The molecule has 4 rings (SSSR count). The SMILES string of the molecule is CC/C(Cc1ccccc1)=N/NC(=O)CSc1nnc(-c2cccc([N+](=O)[O-])c2)n1-c1ccccc1. The van der Waals surface area contributed by atoms with Gasteiger partial charge in [0, 0.05) is 35.5 Å². The fraction of sp³-hybridized carbons (Fsp3) is 0.154. The lowest BCUT2D eigenvalue weighted by Crippen LogP contribution is -2.22. The minimum Gasteiger partial charge on any atom is -0.272 e. The maximum Gasteiger partial charge on any atom is 0.270 e. The van der Waals surface area contributed by atoms with E-state index < -0.39 is 4.92 Å². The van der Waals surface area contributed by atoms with Crippen molar-refractivity contribution in [2.24, 2.45) is 5.10 Å². The normalized spacial score (nSPS) is 11.3. The number of nitrogens with one attached hydrogen (secondary N) is 1. The molecule has 4 aromatic rings. The van der Waals surface area contributed by atoms with E-state index in [2.05, 4.69) is 20.7 Å².